The minimum atomic E-state index is 0.895. The Morgan fingerprint density at radius 3 is 3.22 bits per heavy atom. The first kappa shape index (κ1) is 7.08. The van der Waals surface area contributed by atoms with Crippen molar-refractivity contribution in [2.45, 2.75) is 6.92 Å². The molecule has 9 heavy (non-hydrogen) atoms. The molecule has 0 saturated heterocycles. The molecule has 2 nitrogen and oxygen atoms in total. The van der Waals surface area contributed by atoms with E-state index in [-0.39, 0.29) is 0 Å². The predicted molar refractivity (Wildman–Crippen MR) is 47.0 cm³/mol. The van der Waals surface area contributed by atoms with Gasteiger partial charge >= 0.3 is 0 Å². The molecule has 1 aliphatic rings. The van der Waals surface area contributed by atoms with E-state index < -0.39 is 0 Å². The lowest BCUT2D eigenvalue weighted by Crippen LogP contribution is -2.25. The molecule has 2 N–H and O–H groups in total. The van der Waals surface area contributed by atoms with Crippen LogP contribution in [-0.4, -0.2) is 6.54 Å². The highest BCUT2D eigenvalue weighted by Gasteiger charge is 1.96. The number of hydrogen-bond acceptors (Lipinski definition) is 2. The molecule has 0 aromatic carbocycles. The maximum atomic E-state index is 3.00. The number of hydrazine groups is 1. The Morgan fingerprint density at radius 2 is 2.44 bits per heavy atom. The van der Waals surface area contributed by atoms with E-state index in [9.17, 15) is 0 Å². The molecule has 0 fully saturated rings. The molecule has 0 aromatic heterocycles. The van der Waals surface area contributed by atoms with Crippen molar-refractivity contribution in [1.82, 2.24) is 10.9 Å². The van der Waals surface area contributed by atoms with Gasteiger partial charge in [-0.2, -0.15) is 0 Å². The summed E-state index contributed by atoms with van der Waals surface area (Å²) in [6.45, 7) is 2.98. The summed E-state index contributed by atoms with van der Waals surface area (Å²) in [5.41, 5.74) is 7.24. The van der Waals surface area contributed by atoms with E-state index in [2.05, 4.69) is 46.4 Å². The second-order valence-corrected chi connectivity index (χ2v) is 3.07. The Labute approximate surface area is 68.5 Å². The van der Waals surface area contributed by atoms with Crippen molar-refractivity contribution in [3.8, 4) is 0 Å². The van der Waals surface area contributed by atoms with Crippen molar-refractivity contribution in [3.63, 3.8) is 0 Å². The molecule has 0 amide bonds. The summed E-state index contributed by atoms with van der Waals surface area (Å²) in [6, 6.07) is 0. The van der Waals surface area contributed by atoms with Gasteiger partial charge in [0.1, 0.15) is 0 Å². The zero-order chi connectivity index (χ0) is 6.69. The molecule has 0 saturated carbocycles. The maximum absolute atomic E-state index is 3.00. The summed E-state index contributed by atoms with van der Waals surface area (Å²) in [7, 11) is 0. The van der Waals surface area contributed by atoms with Gasteiger partial charge in [0.2, 0.25) is 0 Å². The quantitative estimate of drug-likeness (QED) is 0.620. The minimum absolute atomic E-state index is 0.895. The van der Waals surface area contributed by atoms with Gasteiger partial charge in [-0.1, -0.05) is 6.08 Å². The summed E-state index contributed by atoms with van der Waals surface area (Å²) < 4.78 is 1.31. The van der Waals surface area contributed by atoms with Crippen molar-refractivity contribution < 1.29 is 0 Å². The highest BCUT2D eigenvalue weighted by molar-refractivity contribution is 14.1. The lowest BCUT2D eigenvalue weighted by atomic mass is 10.3. The summed E-state index contributed by atoms with van der Waals surface area (Å²) in [5, 5.41) is 0. The van der Waals surface area contributed by atoms with Crippen LogP contribution in [0.4, 0.5) is 0 Å². The first-order valence-corrected chi connectivity index (χ1v) is 3.90. The van der Waals surface area contributed by atoms with E-state index in [4.69, 9.17) is 0 Å². The SMILES string of the molecule is CC1=CNNCC=C1I. The zero-order valence-electron chi connectivity index (χ0n) is 5.24. The normalized spacial score (nSPS) is 19.3. The van der Waals surface area contributed by atoms with Gasteiger partial charge in [-0.3, -0.25) is 0 Å². The molecule has 0 unspecified atom stereocenters. The van der Waals surface area contributed by atoms with Gasteiger partial charge in [-0.25, -0.2) is 5.43 Å². The molecule has 50 valence electrons. The van der Waals surface area contributed by atoms with Crippen LogP contribution in [0.25, 0.3) is 0 Å². The van der Waals surface area contributed by atoms with Gasteiger partial charge in [0.15, 0.2) is 0 Å². The van der Waals surface area contributed by atoms with Gasteiger partial charge in [0.05, 0.1) is 0 Å². The lowest BCUT2D eigenvalue weighted by molar-refractivity contribution is 0.685. The Hall–Kier alpha value is -0.0300. The number of allylic oxidation sites excluding steroid dienone is 2. The standard InChI is InChI=1S/C6H9IN2/c1-5-4-9-8-3-2-6(5)7/h2,4,8-9H,3H2,1H3. The second kappa shape index (κ2) is 3.22. The first-order valence-electron chi connectivity index (χ1n) is 2.82. The third-order valence-electron chi connectivity index (χ3n) is 1.15. The highest BCUT2D eigenvalue weighted by atomic mass is 127. The first-order chi connectivity index (χ1) is 4.30. The van der Waals surface area contributed by atoms with E-state index in [0.717, 1.165) is 6.54 Å². The molecule has 0 spiro atoms. The van der Waals surface area contributed by atoms with E-state index in [1.807, 2.05) is 6.20 Å². The zero-order valence-corrected chi connectivity index (χ0v) is 7.40. The molecule has 0 aliphatic carbocycles. The van der Waals surface area contributed by atoms with Crippen molar-refractivity contribution >= 4 is 22.6 Å². The van der Waals surface area contributed by atoms with Gasteiger partial charge in [-0.15, -0.1) is 0 Å². The van der Waals surface area contributed by atoms with Crippen LogP contribution in [-0.2, 0) is 0 Å². The molecular formula is C6H9IN2. The number of hydrogen-bond donors (Lipinski definition) is 2. The van der Waals surface area contributed by atoms with Crippen molar-refractivity contribution in [2.24, 2.45) is 0 Å². The fraction of sp³-hybridized carbons (Fsp3) is 0.333. The van der Waals surface area contributed by atoms with Crippen LogP contribution in [0.15, 0.2) is 21.4 Å². The van der Waals surface area contributed by atoms with Crippen LogP contribution < -0.4 is 10.9 Å². The largest absolute Gasteiger partial charge is 0.328 e. The summed E-state index contributed by atoms with van der Waals surface area (Å²) in [6.07, 6.45) is 4.11. The van der Waals surface area contributed by atoms with Crippen molar-refractivity contribution in [1.29, 1.82) is 0 Å². The highest BCUT2D eigenvalue weighted by Crippen LogP contribution is 2.16. The van der Waals surface area contributed by atoms with E-state index in [1.54, 1.807) is 0 Å². The molecule has 0 radical (unpaired) electrons. The second-order valence-electron chi connectivity index (χ2n) is 1.90. The van der Waals surface area contributed by atoms with Crippen molar-refractivity contribution in [2.75, 3.05) is 6.54 Å². The van der Waals surface area contributed by atoms with Crippen molar-refractivity contribution in [3.05, 3.63) is 21.4 Å². The van der Waals surface area contributed by atoms with Crippen LogP contribution >= 0.6 is 22.6 Å². The Kier molecular flexibility index (Phi) is 2.53. The number of rotatable bonds is 0. The molecular weight excluding hydrogens is 227 g/mol. The van der Waals surface area contributed by atoms with E-state index >= 15 is 0 Å². The van der Waals surface area contributed by atoms with Gasteiger partial charge in [0.25, 0.3) is 0 Å². The average Bonchev–Trinajstić information content (AvgIpc) is 1.99. The molecule has 0 atom stereocenters. The Balaban J connectivity index is 2.71. The van der Waals surface area contributed by atoms with Gasteiger partial charge in [0, 0.05) is 16.3 Å². The minimum Gasteiger partial charge on any atom is -0.328 e. The monoisotopic (exact) mass is 236 g/mol. The fourth-order valence-electron chi connectivity index (χ4n) is 0.589. The van der Waals surface area contributed by atoms with Crippen LogP contribution in [0, 0.1) is 0 Å². The van der Waals surface area contributed by atoms with Crippen LogP contribution in [0.1, 0.15) is 6.92 Å². The smallest absolute Gasteiger partial charge is 0.0341 e. The average molecular weight is 236 g/mol. The van der Waals surface area contributed by atoms with Gasteiger partial charge < -0.3 is 5.43 Å². The van der Waals surface area contributed by atoms with Crippen LogP contribution in [0.5, 0.6) is 0 Å². The summed E-state index contributed by atoms with van der Waals surface area (Å²) >= 11 is 2.32. The Morgan fingerprint density at radius 1 is 1.67 bits per heavy atom. The molecule has 1 rings (SSSR count). The third kappa shape index (κ3) is 1.98. The summed E-state index contributed by atoms with van der Waals surface area (Å²) in [4.78, 5) is 0. The molecule has 1 heterocycles. The number of nitrogens with one attached hydrogen (secondary N) is 2. The predicted octanol–water partition coefficient (Wildman–Crippen LogP) is 1.32. The third-order valence-corrected chi connectivity index (χ3v) is 2.44. The lowest BCUT2D eigenvalue weighted by Gasteiger charge is -1.95. The molecule has 0 aromatic rings. The van der Waals surface area contributed by atoms with E-state index in [1.165, 1.54) is 9.15 Å². The molecule has 1 aliphatic heterocycles. The number of halogens is 1. The van der Waals surface area contributed by atoms with Crippen LogP contribution in [0.2, 0.25) is 0 Å². The molecule has 3 heteroatoms. The topological polar surface area (TPSA) is 24.1 Å². The summed E-state index contributed by atoms with van der Waals surface area (Å²) in [5.74, 6) is 0. The van der Waals surface area contributed by atoms with Gasteiger partial charge in [-0.05, 0) is 35.1 Å². The van der Waals surface area contributed by atoms with Crippen LogP contribution in [0.3, 0.4) is 0 Å². The molecule has 0 bridgehead atoms. The van der Waals surface area contributed by atoms with E-state index in [0.29, 0.717) is 0 Å². The Bertz CT molecular complexity index is 142. The fourth-order valence-corrected chi connectivity index (χ4v) is 0.965. The maximum Gasteiger partial charge on any atom is 0.0341 e.